The second-order valence-corrected chi connectivity index (χ2v) is 9.58. The average molecular weight is 453 g/mol. The van der Waals surface area contributed by atoms with Crippen molar-refractivity contribution in [2.45, 2.75) is 6.42 Å². The summed E-state index contributed by atoms with van der Waals surface area (Å²) in [6, 6.07) is 22.4. The van der Waals surface area contributed by atoms with Gasteiger partial charge in [-0.2, -0.15) is 15.1 Å². The molecule has 154 valence electrons. The number of amides is 1. The lowest BCUT2D eigenvalue weighted by Gasteiger charge is -2.20. The van der Waals surface area contributed by atoms with Crippen LogP contribution in [-0.2, 0) is 11.2 Å². The number of amidine groups is 2. The van der Waals surface area contributed by atoms with E-state index in [1.54, 1.807) is 17.4 Å². The molecule has 0 fully saturated rings. The Balaban J connectivity index is 1.46. The average Bonchev–Trinajstić information content (AvgIpc) is 3.46. The van der Waals surface area contributed by atoms with E-state index < -0.39 is 5.91 Å². The molecule has 3 aromatic carbocycles. The van der Waals surface area contributed by atoms with Crippen LogP contribution in [0.4, 0.5) is 0 Å². The number of carbonyl (C=O) groups excluding carboxylic acids is 1. The van der Waals surface area contributed by atoms with Gasteiger partial charge < -0.3 is 0 Å². The van der Waals surface area contributed by atoms with Crippen molar-refractivity contribution in [2.75, 3.05) is 0 Å². The third-order valence-electron chi connectivity index (χ3n) is 5.50. The Labute approximate surface area is 192 Å². The van der Waals surface area contributed by atoms with Crippen LogP contribution < -0.4 is 0 Å². The number of benzene rings is 3. The molecule has 1 aromatic heterocycles. The van der Waals surface area contributed by atoms with Crippen LogP contribution in [0, 0.1) is 5.41 Å². The molecule has 3 heterocycles. The van der Waals surface area contributed by atoms with Crippen LogP contribution in [0.15, 0.2) is 87.8 Å². The number of carbonyl (C=O) groups is 1. The van der Waals surface area contributed by atoms with E-state index in [2.05, 4.69) is 34.4 Å². The molecule has 0 spiro atoms. The second kappa shape index (κ2) is 7.55. The maximum absolute atomic E-state index is 13.0. The molecular weight excluding hydrogens is 436 g/mol. The first-order valence-corrected chi connectivity index (χ1v) is 11.8. The smallest absolute Gasteiger partial charge is 0.282 e. The van der Waals surface area contributed by atoms with Crippen LogP contribution in [0.3, 0.4) is 0 Å². The third kappa shape index (κ3) is 3.18. The van der Waals surface area contributed by atoms with Gasteiger partial charge in [-0.25, -0.2) is 0 Å². The number of hydrogen-bond acceptors (Lipinski definition) is 5. The summed E-state index contributed by atoms with van der Waals surface area (Å²) < 4.78 is 0. The van der Waals surface area contributed by atoms with E-state index in [1.165, 1.54) is 21.6 Å². The summed E-state index contributed by atoms with van der Waals surface area (Å²) in [5.41, 5.74) is 1.16. The van der Waals surface area contributed by atoms with Crippen LogP contribution in [0.1, 0.15) is 10.4 Å². The molecule has 7 heteroatoms. The molecule has 0 atom stereocenters. The van der Waals surface area contributed by atoms with Crippen molar-refractivity contribution < 1.29 is 4.79 Å². The standard InChI is InChI=1S/C25H16N4OS2/c26-23-21(24(30)27-25-29(23)28-22(32-25)13-17-8-5-11-31-17)14-20-18-9-3-1-6-15(18)12-16-7-2-4-10-19(16)20/h1-12,14,26H,13H2/b21-14-,26-23?. The number of nitrogens with one attached hydrogen (secondary N) is 1. The van der Waals surface area contributed by atoms with Crippen molar-refractivity contribution in [3.63, 3.8) is 0 Å². The Hall–Kier alpha value is -3.55. The van der Waals surface area contributed by atoms with Crippen LogP contribution in [0.2, 0.25) is 0 Å². The first kappa shape index (κ1) is 19.2. The number of thiophene rings is 1. The second-order valence-electron chi connectivity index (χ2n) is 7.50. The number of nitrogens with zero attached hydrogens (tertiary/aromatic N) is 3. The first-order chi connectivity index (χ1) is 15.7. The molecule has 4 aromatic rings. The number of hydrogen-bond donors (Lipinski definition) is 1. The van der Waals surface area contributed by atoms with E-state index in [1.807, 2.05) is 47.8 Å². The fraction of sp³-hybridized carbons (Fsp3) is 0.0400. The monoisotopic (exact) mass is 452 g/mol. The molecule has 0 aliphatic carbocycles. The van der Waals surface area contributed by atoms with Gasteiger partial charge in [0, 0.05) is 11.3 Å². The van der Waals surface area contributed by atoms with E-state index in [-0.39, 0.29) is 11.4 Å². The van der Waals surface area contributed by atoms with Gasteiger partial charge in [0.1, 0.15) is 5.04 Å². The van der Waals surface area contributed by atoms with Gasteiger partial charge in [-0.1, -0.05) is 54.6 Å². The predicted octanol–water partition coefficient (Wildman–Crippen LogP) is 5.92. The highest BCUT2D eigenvalue weighted by molar-refractivity contribution is 8.27. The predicted molar refractivity (Wildman–Crippen MR) is 134 cm³/mol. The normalized spacial score (nSPS) is 17.2. The summed E-state index contributed by atoms with van der Waals surface area (Å²) in [4.78, 5) is 18.4. The molecule has 0 saturated carbocycles. The number of aliphatic imine (C=N–C) groups is 1. The van der Waals surface area contributed by atoms with Crippen molar-refractivity contribution in [1.29, 1.82) is 5.41 Å². The highest BCUT2D eigenvalue weighted by atomic mass is 32.2. The molecule has 32 heavy (non-hydrogen) atoms. The summed E-state index contributed by atoms with van der Waals surface area (Å²) in [5, 5.41) is 22.4. The Kier molecular flexibility index (Phi) is 4.52. The van der Waals surface area contributed by atoms with E-state index >= 15 is 0 Å². The summed E-state index contributed by atoms with van der Waals surface area (Å²) >= 11 is 3.02. The summed E-state index contributed by atoms with van der Waals surface area (Å²) in [5.74, 6) is -0.343. The van der Waals surface area contributed by atoms with Crippen molar-refractivity contribution in [3.05, 3.63) is 88.1 Å². The molecule has 2 aliphatic rings. The molecule has 6 rings (SSSR count). The summed E-state index contributed by atoms with van der Waals surface area (Å²) in [6.07, 6.45) is 2.47. The minimum absolute atomic E-state index is 0.0608. The van der Waals surface area contributed by atoms with Gasteiger partial charge in [0.05, 0.1) is 5.57 Å². The summed E-state index contributed by atoms with van der Waals surface area (Å²) in [6.45, 7) is 0. The zero-order chi connectivity index (χ0) is 21.7. The largest absolute Gasteiger partial charge is 0.283 e. The van der Waals surface area contributed by atoms with Crippen molar-refractivity contribution in [2.24, 2.45) is 10.1 Å². The molecule has 2 aliphatic heterocycles. The van der Waals surface area contributed by atoms with Gasteiger partial charge in [0.2, 0.25) is 5.17 Å². The van der Waals surface area contributed by atoms with Crippen LogP contribution in [0.5, 0.6) is 0 Å². The van der Waals surface area contributed by atoms with Crippen molar-refractivity contribution >= 4 is 72.7 Å². The quantitative estimate of drug-likeness (QED) is 0.310. The SMILES string of the molecule is N=C1/C(=C/c2c3ccccc3cc3ccccc23)C(=O)N=C2SC(Cc3cccs3)=NN12. The van der Waals surface area contributed by atoms with E-state index in [0.717, 1.165) is 32.2 Å². The van der Waals surface area contributed by atoms with Gasteiger partial charge in [0.15, 0.2) is 5.84 Å². The van der Waals surface area contributed by atoms with Crippen molar-refractivity contribution in [1.82, 2.24) is 5.01 Å². The number of rotatable bonds is 3. The zero-order valence-corrected chi connectivity index (χ0v) is 18.4. The molecule has 0 radical (unpaired) electrons. The Bertz CT molecular complexity index is 1460. The molecule has 0 saturated heterocycles. The lowest BCUT2D eigenvalue weighted by molar-refractivity contribution is -0.114. The maximum Gasteiger partial charge on any atom is 0.283 e. The molecular formula is C25H16N4OS2. The fourth-order valence-corrected chi connectivity index (χ4v) is 5.72. The first-order valence-electron chi connectivity index (χ1n) is 10.1. The zero-order valence-electron chi connectivity index (χ0n) is 16.8. The Morgan fingerprint density at radius 1 is 0.969 bits per heavy atom. The van der Waals surface area contributed by atoms with Crippen molar-refractivity contribution in [3.8, 4) is 0 Å². The van der Waals surface area contributed by atoms with Crippen LogP contribution in [-0.4, -0.2) is 27.0 Å². The van der Waals surface area contributed by atoms with Crippen LogP contribution >= 0.6 is 23.1 Å². The molecule has 5 nitrogen and oxygen atoms in total. The molecule has 1 N–H and O–H groups in total. The highest BCUT2D eigenvalue weighted by Crippen LogP contribution is 2.33. The number of thioether (sulfide) groups is 1. The fourth-order valence-electron chi connectivity index (χ4n) is 4.01. The van der Waals surface area contributed by atoms with Gasteiger partial charge in [-0.05, 0) is 62.5 Å². The van der Waals surface area contributed by atoms with E-state index in [4.69, 9.17) is 5.41 Å². The Morgan fingerprint density at radius 2 is 1.69 bits per heavy atom. The molecule has 0 bridgehead atoms. The van der Waals surface area contributed by atoms with Gasteiger partial charge in [-0.15, -0.1) is 11.3 Å². The minimum Gasteiger partial charge on any atom is -0.282 e. The third-order valence-corrected chi connectivity index (χ3v) is 7.29. The molecule has 0 unspecified atom stereocenters. The van der Waals surface area contributed by atoms with E-state index in [9.17, 15) is 4.79 Å². The van der Waals surface area contributed by atoms with Gasteiger partial charge >= 0.3 is 0 Å². The summed E-state index contributed by atoms with van der Waals surface area (Å²) in [7, 11) is 0. The minimum atomic E-state index is -0.404. The highest BCUT2D eigenvalue weighted by Gasteiger charge is 2.35. The maximum atomic E-state index is 13.0. The molecule has 1 amide bonds. The lowest BCUT2D eigenvalue weighted by Crippen LogP contribution is -2.35. The van der Waals surface area contributed by atoms with Crippen LogP contribution in [0.25, 0.3) is 27.6 Å². The topological polar surface area (TPSA) is 68.9 Å². The number of hydrazone groups is 1. The lowest BCUT2D eigenvalue weighted by atomic mass is 9.95. The van der Waals surface area contributed by atoms with Gasteiger partial charge in [0.25, 0.3) is 5.91 Å². The Morgan fingerprint density at radius 3 is 2.38 bits per heavy atom. The van der Waals surface area contributed by atoms with E-state index in [0.29, 0.717) is 11.6 Å². The van der Waals surface area contributed by atoms with Gasteiger partial charge in [-0.3, -0.25) is 10.2 Å². The number of fused-ring (bicyclic) bond motifs is 3.